The molecule has 1 aromatic rings. The van der Waals surface area contributed by atoms with E-state index in [2.05, 4.69) is 0 Å². The summed E-state index contributed by atoms with van der Waals surface area (Å²) in [4.78, 5) is -0.505. The molecule has 1 aliphatic rings. The topological polar surface area (TPSA) is 71.5 Å². The molecule has 0 N–H and O–H groups in total. The number of rotatable bonds is 3. The molecule has 0 aliphatic carbocycles. The lowest BCUT2D eigenvalue weighted by molar-refractivity contribution is 0.477. The largest absolute Gasteiger partial charge is 0.262 e. The lowest BCUT2D eigenvalue weighted by atomic mass is 10.4. The molecule has 0 aromatic heterocycles. The molecular formula is C10H11Cl2NO4S2. The minimum absolute atomic E-state index is 0.102. The SMILES string of the molecule is O=S(=O)(Cl)c1cc(S(=O)(=O)N2CCCC2)ccc1Cl. The minimum Gasteiger partial charge on any atom is -0.207 e. The number of hydrogen-bond acceptors (Lipinski definition) is 4. The van der Waals surface area contributed by atoms with E-state index in [0.29, 0.717) is 13.1 Å². The van der Waals surface area contributed by atoms with Crippen molar-refractivity contribution in [1.29, 1.82) is 0 Å². The average molecular weight is 344 g/mol. The van der Waals surface area contributed by atoms with Gasteiger partial charge in [-0.1, -0.05) is 11.6 Å². The predicted molar refractivity (Wildman–Crippen MR) is 72.5 cm³/mol. The Balaban J connectivity index is 2.52. The first-order chi connectivity index (χ1) is 8.73. The smallest absolute Gasteiger partial charge is 0.207 e. The molecule has 1 saturated heterocycles. The van der Waals surface area contributed by atoms with Gasteiger partial charge in [0.05, 0.1) is 9.92 Å². The van der Waals surface area contributed by atoms with Crippen LogP contribution in [0.2, 0.25) is 5.02 Å². The highest BCUT2D eigenvalue weighted by molar-refractivity contribution is 8.13. The highest BCUT2D eigenvalue weighted by Gasteiger charge is 2.28. The van der Waals surface area contributed by atoms with Gasteiger partial charge in [-0.2, -0.15) is 4.31 Å². The van der Waals surface area contributed by atoms with Gasteiger partial charge in [0.25, 0.3) is 9.05 Å². The maximum atomic E-state index is 12.3. The van der Waals surface area contributed by atoms with E-state index in [9.17, 15) is 16.8 Å². The molecule has 5 nitrogen and oxygen atoms in total. The first-order valence-electron chi connectivity index (χ1n) is 5.47. The van der Waals surface area contributed by atoms with Gasteiger partial charge in [0.1, 0.15) is 4.90 Å². The Morgan fingerprint density at radius 1 is 1.05 bits per heavy atom. The van der Waals surface area contributed by atoms with E-state index in [4.69, 9.17) is 22.3 Å². The molecule has 0 bridgehead atoms. The van der Waals surface area contributed by atoms with Gasteiger partial charge in [-0.15, -0.1) is 0 Å². The van der Waals surface area contributed by atoms with E-state index < -0.39 is 24.0 Å². The van der Waals surface area contributed by atoms with Crippen LogP contribution < -0.4 is 0 Å². The second-order valence-electron chi connectivity index (χ2n) is 4.14. The zero-order valence-electron chi connectivity index (χ0n) is 9.71. The van der Waals surface area contributed by atoms with Gasteiger partial charge in [0, 0.05) is 23.8 Å². The van der Waals surface area contributed by atoms with Gasteiger partial charge >= 0.3 is 0 Å². The van der Waals surface area contributed by atoms with Crippen molar-refractivity contribution in [1.82, 2.24) is 4.31 Å². The fraction of sp³-hybridized carbons (Fsp3) is 0.400. The van der Waals surface area contributed by atoms with Crippen LogP contribution in [0.3, 0.4) is 0 Å². The van der Waals surface area contributed by atoms with Crippen LogP contribution in [0.15, 0.2) is 28.0 Å². The molecule has 9 heteroatoms. The Hall–Kier alpha value is -0.340. The molecule has 1 aliphatic heterocycles. The molecule has 1 fully saturated rings. The number of sulfonamides is 1. The molecule has 0 atom stereocenters. The van der Waals surface area contributed by atoms with E-state index in [1.54, 1.807) is 0 Å². The normalized spacial score (nSPS) is 17.8. The Morgan fingerprint density at radius 3 is 2.16 bits per heavy atom. The fourth-order valence-corrected chi connectivity index (χ4v) is 5.02. The number of nitrogens with zero attached hydrogens (tertiary/aromatic N) is 1. The molecule has 19 heavy (non-hydrogen) atoms. The second kappa shape index (κ2) is 5.21. The highest BCUT2D eigenvalue weighted by atomic mass is 35.7. The number of halogens is 2. The van der Waals surface area contributed by atoms with Crippen LogP contribution in [0.1, 0.15) is 12.8 Å². The summed E-state index contributed by atoms with van der Waals surface area (Å²) in [6.07, 6.45) is 1.60. The second-order valence-corrected chi connectivity index (χ2v) is 9.02. The van der Waals surface area contributed by atoms with Crippen molar-refractivity contribution in [2.75, 3.05) is 13.1 Å². The van der Waals surface area contributed by atoms with E-state index in [0.717, 1.165) is 18.9 Å². The molecule has 0 amide bonds. The third-order valence-electron chi connectivity index (χ3n) is 2.87. The Labute approximate surface area is 121 Å². The summed E-state index contributed by atoms with van der Waals surface area (Å²) in [7, 11) is -2.54. The maximum Gasteiger partial charge on any atom is 0.262 e. The molecule has 0 saturated carbocycles. The summed E-state index contributed by atoms with van der Waals surface area (Å²) in [6, 6.07) is 3.50. The quantitative estimate of drug-likeness (QED) is 0.787. The van der Waals surface area contributed by atoms with Crippen LogP contribution in [-0.2, 0) is 19.1 Å². The van der Waals surface area contributed by atoms with Gasteiger partial charge in [-0.25, -0.2) is 16.8 Å². The molecule has 106 valence electrons. The van der Waals surface area contributed by atoms with Crippen molar-refractivity contribution in [2.45, 2.75) is 22.6 Å². The molecule has 0 spiro atoms. The standard InChI is InChI=1S/C10H11Cl2NO4S2/c11-9-4-3-8(7-10(9)18(12,14)15)19(16,17)13-5-1-2-6-13/h3-4,7H,1-2,5-6H2. The zero-order chi connectivity index (χ0) is 14.3. The van der Waals surface area contributed by atoms with Crippen LogP contribution in [0.25, 0.3) is 0 Å². The molecule has 0 radical (unpaired) electrons. The third kappa shape index (κ3) is 3.05. The molecule has 0 unspecified atom stereocenters. The summed E-state index contributed by atoms with van der Waals surface area (Å²) >= 11 is 5.72. The van der Waals surface area contributed by atoms with Crippen LogP contribution >= 0.6 is 22.3 Å². The Kier molecular flexibility index (Phi) is 4.13. The van der Waals surface area contributed by atoms with E-state index >= 15 is 0 Å². The molecule has 1 aromatic carbocycles. The summed E-state index contributed by atoms with van der Waals surface area (Å²) in [5, 5.41) is -0.102. The molecule has 1 heterocycles. The lowest BCUT2D eigenvalue weighted by Crippen LogP contribution is -2.27. The lowest BCUT2D eigenvalue weighted by Gasteiger charge is -2.16. The monoisotopic (exact) mass is 343 g/mol. The van der Waals surface area contributed by atoms with Gasteiger partial charge in [-0.05, 0) is 31.0 Å². The van der Waals surface area contributed by atoms with Crippen LogP contribution in [0.5, 0.6) is 0 Å². The van der Waals surface area contributed by atoms with Crippen molar-refractivity contribution in [3.05, 3.63) is 23.2 Å². The first-order valence-corrected chi connectivity index (χ1v) is 9.60. The first kappa shape index (κ1) is 15.1. The summed E-state index contributed by atoms with van der Waals surface area (Å²) in [5.41, 5.74) is 0. The fourth-order valence-electron chi connectivity index (χ4n) is 1.91. The van der Waals surface area contributed by atoms with E-state index in [1.807, 2.05) is 0 Å². The predicted octanol–water partition coefficient (Wildman–Crippen LogP) is 2.05. The van der Waals surface area contributed by atoms with Crippen molar-refractivity contribution in [3.8, 4) is 0 Å². The maximum absolute atomic E-state index is 12.3. The average Bonchev–Trinajstić information content (AvgIpc) is 2.81. The van der Waals surface area contributed by atoms with Crippen molar-refractivity contribution in [2.24, 2.45) is 0 Å². The van der Waals surface area contributed by atoms with Crippen molar-refractivity contribution >= 4 is 41.4 Å². The van der Waals surface area contributed by atoms with Crippen LogP contribution in [0.4, 0.5) is 0 Å². The minimum atomic E-state index is -4.08. The third-order valence-corrected chi connectivity index (χ3v) is 6.57. The molecular weight excluding hydrogens is 333 g/mol. The summed E-state index contributed by atoms with van der Waals surface area (Å²) in [6.45, 7) is 0.877. The molecule has 2 rings (SSSR count). The van der Waals surface area contributed by atoms with Gasteiger partial charge in [-0.3, -0.25) is 0 Å². The van der Waals surface area contributed by atoms with Crippen molar-refractivity contribution in [3.63, 3.8) is 0 Å². The van der Waals surface area contributed by atoms with Gasteiger partial charge in [0.2, 0.25) is 10.0 Å². The zero-order valence-corrected chi connectivity index (χ0v) is 12.9. The summed E-state index contributed by atoms with van der Waals surface area (Å²) in [5.74, 6) is 0. The number of hydrogen-bond donors (Lipinski definition) is 0. The Morgan fingerprint density at radius 2 is 1.63 bits per heavy atom. The van der Waals surface area contributed by atoms with Gasteiger partial charge < -0.3 is 0 Å². The summed E-state index contributed by atoms with van der Waals surface area (Å²) < 4.78 is 48.5. The highest BCUT2D eigenvalue weighted by Crippen LogP contribution is 2.29. The van der Waals surface area contributed by atoms with Crippen LogP contribution in [0, 0.1) is 0 Å². The number of benzene rings is 1. The van der Waals surface area contributed by atoms with E-state index in [-0.39, 0.29) is 9.92 Å². The van der Waals surface area contributed by atoms with Crippen LogP contribution in [-0.4, -0.2) is 34.2 Å². The Bertz CT molecular complexity index is 694. The van der Waals surface area contributed by atoms with E-state index in [1.165, 1.54) is 16.4 Å². The van der Waals surface area contributed by atoms with Crippen molar-refractivity contribution < 1.29 is 16.8 Å². The van der Waals surface area contributed by atoms with Gasteiger partial charge in [0.15, 0.2) is 0 Å².